The van der Waals surface area contributed by atoms with Gasteiger partial charge in [-0.05, 0) is 19.1 Å². The first-order valence-electron chi connectivity index (χ1n) is 8.07. The average Bonchev–Trinajstić information content (AvgIpc) is 3.21. The van der Waals surface area contributed by atoms with Gasteiger partial charge in [0.15, 0.2) is 0 Å². The summed E-state index contributed by atoms with van der Waals surface area (Å²) in [6, 6.07) is 5.66. The van der Waals surface area contributed by atoms with Crippen LogP contribution < -0.4 is 5.32 Å². The summed E-state index contributed by atoms with van der Waals surface area (Å²) in [5.41, 5.74) is 2.97. The minimum atomic E-state index is -0.261. The van der Waals surface area contributed by atoms with Crippen LogP contribution in [0.2, 0.25) is 0 Å². The lowest BCUT2D eigenvalue weighted by Crippen LogP contribution is -2.12. The standard InChI is InChI=1S/C18H17N7O/c1-11-19-9-16(25(11)3)14-5-4-12-7-20-17(6-15(12)22-14)23-18(26)13-8-21-24(2)10-13/h4-10H,1-3H3,(H,20,23,26). The second-order valence-corrected chi connectivity index (χ2v) is 6.07. The van der Waals surface area contributed by atoms with Crippen molar-refractivity contribution < 1.29 is 4.79 Å². The molecule has 4 heterocycles. The number of anilines is 1. The largest absolute Gasteiger partial charge is 0.330 e. The Hall–Kier alpha value is -3.55. The van der Waals surface area contributed by atoms with E-state index in [4.69, 9.17) is 4.98 Å². The van der Waals surface area contributed by atoms with Gasteiger partial charge < -0.3 is 9.88 Å². The van der Waals surface area contributed by atoms with Crippen LogP contribution in [0.15, 0.2) is 43.0 Å². The third-order valence-corrected chi connectivity index (χ3v) is 4.27. The molecule has 4 aromatic heterocycles. The molecule has 0 fully saturated rings. The van der Waals surface area contributed by atoms with E-state index in [2.05, 4.69) is 20.4 Å². The quantitative estimate of drug-likeness (QED) is 0.614. The van der Waals surface area contributed by atoms with Crippen molar-refractivity contribution in [1.82, 2.24) is 29.3 Å². The highest BCUT2D eigenvalue weighted by atomic mass is 16.1. The minimum Gasteiger partial charge on any atom is -0.330 e. The molecule has 0 radical (unpaired) electrons. The van der Waals surface area contributed by atoms with E-state index in [9.17, 15) is 4.79 Å². The Morgan fingerprint density at radius 2 is 1.96 bits per heavy atom. The van der Waals surface area contributed by atoms with Crippen LogP contribution in [0.1, 0.15) is 16.2 Å². The predicted molar refractivity (Wildman–Crippen MR) is 97.6 cm³/mol. The zero-order chi connectivity index (χ0) is 18.3. The zero-order valence-electron chi connectivity index (χ0n) is 14.6. The molecule has 8 heteroatoms. The van der Waals surface area contributed by atoms with E-state index in [0.717, 1.165) is 28.1 Å². The number of rotatable bonds is 3. The normalized spacial score (nSPS) is 11.0. The molecule has 0 saturated heterocycles. The summed E-state index contributed by atoms with van der Waals surface area (Å²) in [6.07, 6.45) is 6.66. The van der Waals surface area contributed by atoms with Crippen LogP contribution in [0.5, 0.6) is 0 Å². The summed E-state index contributed by atoms with van der Waals surface area (Å²) in [4.78, 5) is 25.6. The van der Waals surface area contributed by atoms with Crippen LogP contribution in [0, 0.1) is 6.92 Å². The van der Waals surface area contributed by atoms with E-state index in [0.29, 0.717) is 11.4 Å². The third-order valence-electron chi connectivity index (χ3n) is 4.27. The maximum atomic E-state index is 12.3. The fourth-order valence-corrected chi connectivity index (χ4v) is 2.69. The Balaban J connectivity index is 1.67. The second-order valence-electron chi connectivity index (χ2n) is 6.07. The third kappa shape index (κ3) is 2.81. The number of carbonyl (C=O) groups is 1. The lowest BCUT2D eigenvalue weighted by molar-refractivity contribution is 0.102. The molecule has 1 amide bonds. The average molecular weight is 347 g/mol. The predicted octanol–water partition coefficient (Wildman–Crippen LogP) is 2.32. The van der Waals surface area contributed by atoms with Crippen molar-refractivity contribution in [3.63, 3.8) is 0 Å². The van der Waals surface area contributed by atoms with Crippen molar-refractivity contribution in [2.75, 3.05) is 5.32 Å². The first-order chi connectivity index (χ1) is 12.5. The maximum Gasteiger partial charge on any atom is 0.260 e. The van der Waals surface area contributed by atoms with Crippen molar-refractivity contribution in [3.8, 4) is 11.4 Å². The second kappa shape index (κ2) is 6.07. The Labute approximate surface area is 149 Å². The molecule has 0 unspecified atom stereocenters. The van der Waals surface area contributed by atoms with Crippen molar-refractivity contribution in [1.29, 1.82) is 0 Å². The highest BCUT2D eigenvalue weighted by molar-refractivity contribution is 6.04. The van der Waals surface area contributed by atoms with E-state index >= 15 is 0 Å². The first-order valence-corrected chi connectivity index (χ1v) is 8.07. The lowest BCUT2D eigenvalue weighted by Gasteiger charge is -2.07. The van der Waals surface area contributed by atoms with Gasteiger partial charge in [-0.3, -0.25) is 9.48 Å². The van der Waals surface area contributed by atoms with Gasteiger partial charge in [-0.25, -0.2) is 15.0 Å². The fourth-order valence-electron chi connectivity index (χ4n) is 2.69. The summed E-state index contributed by atoms with van der Waals surface area (Å²) in [5, 5.41) is 7.67. The van der Waals surface area contributed by atoms with E-state index in [1.165, 1.54) is 6.20 Å². The minimum absolute atomic E-state index is 0.261. The number of amides is 1. The lowest BCUT2D eigenvalue weighted by atomic mass is 10.2. The number of hydrogen-bond donors (Lipinski definition) is 1. The first kappa shape index (κ1) is 15.9. The number of hydrogen-bond acceptors (Lipinski definition) is 5. The summed E-state index contributed by atoms with van der Waals surface area (Å²) < 4.78 is 3.56. The molecule has 4 rings (SSSR count). The van der Waals surface area contributed by atoms with Crippen molar-refractivity contribution in [3.05, 3.63) is 54.4 Å². The van der Waals surface area contributed by atoms with Gasteiger partial charge in [0.05, 0.1) is 34.9 Å². The van der Waals surface area contributed by atoms with Crippen LogP contribution >= 0.6 is 0 Å². The summed E-state index contributed by atoms with van der Waals surface area (Å²) in [6.45, 7) is 1.94. The van der Waals surface area contributed by atoms with E-state index in [1.54, 1.807) is 36.4 Å². The molecule has 0 spiro atoms. The van der Waals surface area contributed by atoms with Gasteiger partial charge in [0.25, 0.3) is 5.91 Å². The molecule has 0 aliphatic carbocycles. The Kier molecular flexibility index (Phi) is 3.72. The fraction of sp³-hybridized carbons (Fsp3) is 0.167. The van der Waals surface area contributed by atoms with Gasteiger partial charge in [0.2, 0.25) is 0 Å². The number of nitrogens with one attached hydrogen (secondary N) is 1. The number of fused-ring (bicyclic) bond motifs is 1. The molecule has 0 saturated carbocycles. The molecule has 0 bridgehead atoms. The van der Waals surface area contributed by atoms with E-state index in [-0.39, 0.29) is 5.91 Å². The zero-order valence-corrected chi connectivity index (χ0v) is 14.6. The molecule has 1 N–H and O–H groups in total. The molecule has 8 nitrogen and oxygen atoms in total. The Morgan fingerprint density at radius 1 is 1.12 bits per heavy atom. The molecule has 0 aromatic carbocycles. The monoisotopic (exact) mass is 347 g/mol. The van der Waals surface area contributed by atoms with Gasteiger partial charge in [-0.2, -0.15) is 5.10 Å². The van der Waals surface area contributed by atoms with Gasteiger partial charge in [0.1, 0.15) is 11.6 Å². The topological polar surface area (TPSA) is 90.5 Å². The molecule has 130 valence electrons. The molecule has 26 heavy (non-hydrogen) atoms. The van der Waals surface area contributed by atoms with Gasteiger partial charge in [-0.15, -0.1) is 0 Å². The molecular weight excluding hydrogens is 330 g/mol. The van der Waals surface area contributed by atoms with Gasteiger partial charge >= 0.3 is 0 Å². The van der Waals surface area contributed by atoms with Crippen molar-refractivity contribution in [2.45, 2.75) is 6.92 Å². The number of nitrogens with zero attached hydrogens (tertiary/aromatic N) is 6. The number of carbonyl (C=O) groups excluding carboxylic acids is 1. The summed E-state index contributed by atoms with van der Waals surface area (Å²) in [5.74, 6) is 1.10. The molecule has 0 aliphatic heterocycles. The molecular formula is C18H17N7O. The van der Waals surface area contributed by atoms with Crippen LogP contribution in [0.25, 0.3) is 22.3 Å². The van der Waals surface area contributed by atoms with Gasteiger partial charge in [-0.1, -0.05) is 0 Å². The highest BCUT2D eigenvalue weighted by Crippen LogP contribution is 2.22. The van der Waals surface area contributed by atoms with Gasteiger partial charge in [0, 0.05) is 37.9 Å². The summed E-state index contributed by atoms with van der Waals surface area (Å²) >= 11 is 0. The number of imidazole rings is 1. The van der Waals surface area contributed by atoms with Crippen molar-refractivity contribution >= 4 is 22.6 Å². The maximum absolute atomic E-state index is 12.3. The number of aromatic nitrogens is 6. The molecule has 0 atom stereocenters. The number of pyridine rings is 2. The van der Waals surface area contributed by atoms with Crippen LogP contribution in [-0.2, 0) is 14.1 Å². The van der Waals surface area contributed by atoms with E-state index in [1.807, 2.05) is 30.7 Å². The van der Waals surface area contributed by atoms with Crippen LogP contribution in [0.3, 0.4) is 0 Å². The van der Waals surface area contributed by atoms with Crippen LogP contribution in [0.4, 0.5) is 5.82 Å². The summed E-state index contributed by atoms with van der Waals surface area (Å²) in [7, 11) is 3.71. The Morgan fingerprint density at radius 3 is 2.65 bits per heavy atom. The van der Waals surface area contributed by atoms with E-state index < -0.39 is 0 Å². The Bertz CT molecular complexity index is 1130. The van der Waals surface area contributed by atoms with Crippen molar-refractivity contribution in [2.24, 2.45) is 14.1 Å². The SMILES string of the molecule is Cc1ncc(-c2ccc3cnc(NC(=O)c4cnn(C)c4)cc3n2)n1C. The van der Waals surface area contributed by atoms with Crippen LogP contribution in [-0.4, -0.2) is 35.2 Å². The smallest absolute Gasteiger partial charge is 0.260 e. The number of aryl methyl sites for hydroxylation is 2. The molecule has 4 aromatic rings. The highest BCUT2D eigenvalue weighted by Gasteiger charge is 2.11. The molecule has 0 aliphatic rings.